The summed E-state index contributed by atoms with van der Waals surface area (Å²) in [7, 11) is 0. The van der Waals surface area contributed by atoms with Crippen molar-refractivity contribution in [2.45, 2.75) is 16.8 Å². The van der Waals surface area contributed by atoms with Crippen LogP contribution in [-0.2, 0) is 4.74 Å². The van der Waals surface area contributed by atoms with Crippen LogP contribution in [-0.4, -0.2) is 27.3 Å². The third-order valence-corrected chi connectivity index (χ3v) is 4.45. The number of hydrogen-bond acceptors (Lipinski definition) is 5. The van der Waals surface area contributed by atoms with Gasteiger partial charge in [-0.2, -0.15) is 5.10 Å². The van der Waals surface area contributed by atoms with Crippen LogP contribution >= 0.6 is 23.4 Å². The zero-order valence-electron chi connectivity index (χ0n) is 13.1. The van der Waals surface area contributed by atoms with Crippen molar-refractivity contribution < 1.29 is 13.9 Å². The van der Waals surface area contributed by atoms with E-state index in [9.17, 15) is 9.18 Å². The normalized spacial score (nSPS) is 10.7. The van der Waals surface area contributed by atoms with Gasteiger partial charge in [-0.25, -0.2) is 13.9 Å². The van der Waals surface area contributed by atoms with Gasteiger partial charge in [0.1, 0.15) is 10.8 Å². The summed E-state index contributed by atoms with van der Waals surface area (Å²) < 4.78 is 20.1. The highest BCUT2D eigenvalue weighted by atomic mass is 35.5. The van der Waals surface area contributed by atoms with E-state index in [0.717, 1.165) is 4.90 Å². The standard InChI is InChI=1S/C17H13ClFN3O2S/c1-2-24-17(23)14-9-16(25-12-4-3-7-20-10-12)22(21-14)15-8-11(19)5-6-13(15)18/h3-10H,2H2,1H3. The maximum atomic E-state index is 13.7. The molecule has 25 heavy (non-hydrogen) atoms. The Hall–Kier alpha value is -2.38. The lowest BCUT2D eigenvalue weighted by atomic mass is 10.3. The fourth-order valence-electron chi connectivity index (χ4n) is 2.09. The minimum Gasteiger partial charge on any atom is -0.461 e. The summed E-state index contributed by atoms with van der Waals surface area (Å²) in [5, 5.41) is 5.15. The van der Waals surface area contributed by atoms with E-state index >= 15 is 0 Å². The molecule has 0 amide bonds. The average Bonchev–Trinajstić information content (AvgIpc) is 3.02. The molecule has 0 aliphatic rings. The molecule has 3 rings (SSSR count). The van der Waals surface area contributed by atoms with Gasteiger partial charge in [0, 0.05) is 29.4 Å². The first kappa shape index (κ1) is 17.4. The lowest BCUT2D eigenvalue weighted by molar-refractivity contribution is 0.0519. The molecule has 3 aromatic rings. The minimum atomic E-state index is -0.554. The third-order valence-electron chi connectivity index (χ3n) is 3.15. The molecular weight excluding hydrogens is 365 g/mol. The molecule has 128 valence electrons. The first-order valence-corrected chi connectivity index (χ1v) is 8.58. The Labute approximate surface area is 152 Å². The smallest absolute Gasteiger partial charge is 0.358 e. The highest BCUT2D eigenvalue weighted by Gasteiger charge is 2.19. The summed E-state index contributed by atoms with van der Waals surface area (Å²) in [6.45, 7) is 1.95. The van der Waals surface area contributed by atoms with Gasteiger partial charge in [0.2, 0.25) is 0 Å². The molecule has 0 saturated heterocycles. The predicted molar refractivity (Wildman–Crippen MR) is 92.8 cm³/mol. The Morgan fingerprint density at radius 2 is 2.20 bits per heavy atom. The number of esters is 1. The second-order valence-electron chi connectivity index (χ2n) is 4.89. The van der Waals surface area contributed by atoms with Crippen LogP contribution < -0.4 is 0 Å². The highest BCUT2D eigenvalue weighted by Crippen LogP contribution is 2.32. The number of hydrogen-bond donors (Lipinski definition) is 0. The highest BCUT2D eigenvalue weighted by molar-refractivity contribution is 7.99. The van der Waals surface area contributed by atoms with Crippen molar-refractivity contribution in [3.05, 3.63) is 65.3 Å². The van der Waals surface area contributed by atoms with Crippen LogP contribution in [0.25, 0.3) is 5.69 Å². The second kappa shape index (κ2) is 7.67. The molecule has 5 nitrogen and oxygen atoms in total. The summed E-state index contributed by atoms with van der Waals surface area (Å²) in [6.07, 6.45) is 3.34. The Morgan fingerprint density at radius 1 is 1.36 bits per heavy atom. The van der Waals surface area contributed by atoms with E-state index < -0.39 is 11.8 Å². The van der Waals surface area contributed by atoms with Crippen LogP contribution in [0.5, 0.6) is 0 Å². The number of carbonyl (C=O) groups excluding carboxylic acids is 1. The van der Waals surface area contributed by atoms with Crippen LogP contribution in [0, 0.1) is 5.82 Å². The van der Waals surface area contributed by atoms with Gasteiger partial charge < -0.3 is 4.74 Å². The molecule has 0 aliphatic carbocycles. The van der Waals surface area contributed by atoms with Crippen molar-refractivity contribution in [2.75, 3.05) is 6.61 Å². The van der Waals surface area contributed by atoms with Gasteiger partial charge in [-0.05, 0) is 31.2 Å². The van der Waals surface area contributed by atoms with E-state index in [1.807, 2.05) is 6.07 Å². The summed E-state index contributed by atoms with van der Waals surface area (Å²) in [4.78, 5) is 16.9. The van der Waals surface area contributed by atoms with Crippen LogP contribution in [0.4, 0.5) is 4.39 Å². The lowest BCUT2D eigenvalue weighted by Gasteiger charge is -2.09. The topological polar surface area (TPSA) is 57.0 Å². The van der Waals surface area contributed by atoms with Gasteiger partial charge >= 0.3 is 5.97 Å². The molecule has 2 aromatic heterocycles. The molecule has 8 heteroatoms. The van der Waals surface area contributed by atoms with E-state index in [2.05, 4.69) is 10.1 Å². The van der Waals surface area contributed by atoms with Gasteiger partial charge in [-0.1, -0.05) is 23.4 Å². The Morgan fingerprint density at radius 3 is 2.92 bits per heavy atom. The molecule has 0 aliphatic heterocycles. The van der Waals surface area contributed by atoms with Crippen LogP contribution in [0.1, 0.15) is 17.4 Å². The molecule has 0 N–H and O–H groups in total. The molecule has 0 atom stereocenters. The Kier molecular flexibility index (Phi) is 5.35. The van der Waals surface area contributed by atoms with Crippen LogP contribution in [0.2, 0.25) is 5.02 Å². The number of benzene rings is 1. The van der Waals surface area contributed by atoms with Gasteiger partial charge in [-0.3, -0.25) is 4.98 Å². The first-order valence-electron chi connectivity index (χ1n) is 7.39. The lowest BCUT2D eigenvalue weighted by Crippen LogP contribution is -2.07. The number of ether oxygens (including phenoxy) is 1. The molecular formula is C17H13ClFN3O2S. The van der Waals surface area contributed by atoms with Gasteiger partial charge in [0.15, 0.2) is 5.69 Å². The van der Waals surface area contributed by atoms with Crippen LogP contribution in [0.3, 0.4) is 0 Å². The quantitative estimate of drug-likeness (QED) is 0.617. The van der Waals surface area contributed by atoms with Gasteiger partial charge in [0.25, 0.3) is 0 Å². The molecule has 0 radical (unpaired) electrons. The maximum absolute atomic E-state index is 13.7. The average molecular weight is 378 g/mol. The number of rotatable bonds is 5. The monoisotopic (exact) mass is 377 g/mol. The van der Waals surface area contributed by atoms with Crippen molar-refractivity contribution in [2.24, 2.45) is 0 Å². The fourth-order valence-corrected chi connectivity index (χ4v) is 3.19. The Balaban J connectivity index is 2.08. The predicted octanol–water partition coefficient (Wildman–Crippen LogP) is 4.39. The van der Waals surface area contributed by atoms with Crippen molar-refractivity contribution in [1.82, 2.24) is 14.8 Å². The van der Waals surface area contributed by atoms with Gasteiger partial charge in [0.05, 0.1) is 17.3 Å². The first-order chi connectivity index (χ1) is 12.1. The minimum absolute atomic E-state index is 0.119. The molecule has 2 heterocycles. The molecule has 0 unspecified atom stereocenters. The molecule has 0 bridgehead atoms. The number of aromatic nitrogens is 3. The van der Waals surface area contributed by atoms with Crippen LogP contribution in [0.15, 0.2) is 58.7 Å². The van der Waals surface area contributed by atoms with Crippen molar-refractivity contribution >= 4 is 29.3 Å². The summed E-state index contributed by atoms with van der Waals surface area (Å²) in [6, 6.07) is 9.21. The number of carbonyl (C=O) groups is 1. The zero-order valence-corrected chi connectivity index (χ0v) is 14.7. The second-order valence-corrected chi connectivity index (χ2v) is 6.39. The molecule has 1 aromatic carbocycles. The summed E-state index contributed by atoms with van der Waals surface area (Å²) in [5.41, 5.74) is 0.456. The largest absolute Gasteiger partial charge is 0.461 e. The Bertz CT molecular complexity index is 902. The SMILES string of the molecule is CCOC(=O)c1cc(Sc2cccnc2)n(-c2cc(F)ccc2Cl)n1. The van der Waals surface area contributed by atoms with E-state index in [-0.39, 0.29) is 12.3 Å². The zero-order chi connectivity index (χ0) is 17.8. The van der Waals surface area contributed by atoms with Crippen molar-refractivity contribution in [1.29, 1.82) is 0 Å². The number of pyridine rings is 1. The van der Waals surface area contributed by atoms with E-state index in [0.29, 0.717) is 15.7 Å². The number of nitrogens with zero attached hydrogens (tertiary/aromatic N) is 3. The van der Waals surface area contributed by atoms with Crippen molar-refractivity contribution in [3.63, 3.8) is 0 Å². The fraction of sp³-hybridized carbons (Fsp3) is 0.118. The number of halogens is 2. The van der Waals surface area contributed by atoms with E-state index in [1.54, 1.807) is 31.5 Å². The molecule has 0 fully saturated rings. The summed E-state index contributed by atoms with van der Waals surface area (Å²) >= 11 is 7.52. The van der Waals surface area contributed by atoms with E-state index in [4.69, 9.17) is 16.3 Å². The maximum Gasteiger partial charge on any atom is 0.358 e. The molecule has 0 saturated carbocycles. The van der Waals surface area contributed by atoms with Crippen molar-refractivity contribution in [3.8, 4) is 5.69 Å². The third kappa shape index (κ3) is 4.00. The summed E-state index contributed by atoms with van der Waals surface area (Å²) in [5.74, 6) is -1.01. The van der Waals surface area contributed by atoms with Gasteiger partial charge in [-0.15, -0.1) is 0 Å². The van der Waals surface area contributed by atoms with E-state index in [1.165, 1.54) is 34.6 Å². The molecule has 0 spiro atoms.